The second-order valence-electron chi connectivity index (χ2n) is 5.76. The molecule has 4 rings (SSSR count). The third-order valence-electron chi connectivity index (χ3n) is 4.02. The number of carbonyl (C=O) groups excluding carboxylic acids is 1. The van der Waals surface area contributed by atoms with Crippen molar-refractivity contribution in [3.8, 4) is 11.5 Å². The van der Waals surface area contributed by atoms with E-state index in [1.54, 1.807) is 23.1 Å². The van der Waals surface area contributed by atoms with E-state index in [9.17, 15) is 4.79 Å². The number of nitrogens with zero attached hydrogens (tertiary/aromatic N) is 3. The number of hydrogen-bond acceptors (Lipinski definition) is 4. The highest BCUT2D eigenvalue weighted by atomic mass is 16.3. The van der Waals surface area contributed by atoms with E-state index in [0.717, 1.165) is 16.8 Å². The van der Waals surface area contributed by atoms with Crippen molar-refractivity contribution in [2.45, 2.75) is 6.92 Å². The molecule has 1 N–H and O–H groups in total. The Balaban J connectivity index is 1.87. The molecule has 0 bridgehead atoms. The van der Waals surface area contributed by atoms with Crippen molar-refractivity contribution in [1.29, 1.82) is 0 Å². The van der Waals surface area contributed by atoms with Gasteiger partial charge in [-0.2, -0.15) is 5.10 Å². The van der Waals surface area contributed by atoms with Crippen LogP contribution >= 0.6 is 0 Å². The van der Waals surface area contributed by atoms with Crippen LogP contribution in [-0.4, -0.2) is 20.7 Å². The lowest BCUT2D eigenvalue weighted by Crippen LogP contribution is -2.13. The van der Waals surface area contributed by atoms with Crippen LogP contribution in [0.2, 0.25) is 0 Å². The summed E-state index contributed by atoms with van der Waals surface area (Å²) in [6.45, 7) is 1.87. The zero-order chi connectivity index (χ0) is 17.4. The number of rotatable bonds is 3. The first-order valence-corrected chi connectivity index (χ1v) is 7.88. The van der Waals surface area contributed by atoms with Crippen LogP contribution < -0.4 is 5.32 Å². The van der Waals surface area contributed by atoms with E-state index < -0.39 is 0 Å². The Labute approximate surface area is 144 Å². The number of nitrogens with one attached hydrogen (secondary N) is 1. The second kappa shape index (κ2) is 5.90. The van der Waals surface area contributed by atoms with Crippen molar-refractivity contribution in [1.82, 2.24) is 14.8 Å². The monoisotopic (exact) mass is 332 g/mol. The Hall–Kier alpha value is -3.41. The highest BCUT2D eigenvalue weighted by Crippen LogP contribution is 2.27. The maximum Gasteiger partial charge on any atom is 0.256 e. The molecule has 0 saturated carbocycles. The van der Waals surface area contributed by atoms with Crippen LogP contribution in [0, 0.1) is 6.92 Å². The molecule has 124 valence electrons. The minimum absolute atomic E-state index is 0.206. The zero-order valence-electron chi connectivity index (χ0n) is 13.9. The SMILES string of the molecule is Cc1nn(C)c2nc(-c3ccco3)cc(C(=O)Nc3ccccc3)c12. The number of anilines is 1. The highest BCUT2D eigenvalue weighted by molar-refractivity contribution is 6.13. The van der Waals surface area contributed by atoms with Crippen molar-refractivity contribution in [3.63, 3.8) is 0 Å². The van der Waals surface area contributed by atoms with Crippen molar-refractivity contribution < 1.29 is 9.21 Å². The molecule has 3 heterocycles. The lowest BCUT2D eigenvalue weighted by atomic mass is 10.1. The van der Waals surface area contributed by atoms with Gasteiger partial charge < -0.3 is 9.73 Å². The number of fused-ring (bicyclic) bond motifs is 1. The molecule has 1 amide bonds. The van der Waals surface area contributed by atoms with Gasteiger partial charge >= 0.3 is 0 Å². The summed E-state index contributed by atoms with van der Waals surface area (Å²) < 4.78 is 7.12. The van der Waals surface area contributed by atoms with E-state index in [0.29, 0.717) is 22.7 Å². The average molecular weight is 332 g/mol. The highest BCUT2D eigenvalue weighted by Gasteiger charge is 2.20. The summed E-state index contributed by atoms with van der Waals surface area (Å²) in [6, 6.07) is 14.7. The summed E-state index contributed by atoms with van der Waals surface area (Å²) >= 11 is 0. The van der Waals surface area contributed by atoms with Crippen LogP contribution in [0.15, 0.2) is 59.2 Å². The number of amides is 1. The molecule has 4 aromatic rings. The Kier molecular flexibility index (Phi) is 3.57. The molecule has 0 spiro atoms. The van der Waals surface area contributed by atoms with E-state index >= 15 is 0 Å². The standard InChI is InChI=1S/C19H16N4O2/c1-12-17-14(19(24)20-13-7-4-3-5-8-13)11-15(16-9-6-10-25-16)21-18(17)23(2)22-12/h3-11H,1-2H3,(H,20,24). The molecule has 1 aromatic carbocycles. The van der Waals surface area contributed by atoms with Crippen LogP contribution in [0.1, 0.15) is 16.1 Å². The zero-order valence-corrected chi connectivity index (χ0v) is 13.9. The Morgan fingerprint density at radius 3 is 2.68 bits per heavy atom. The molecule has 6 heteroatoms. The van der Waals surface area contributed by atoms with Gasteiger partial charge in [0.25, 0.3) is 5.91 Å². The third-order valence-corrected chi connectivity index (χ3v) is 4.02. The van der Waals surface area contributed by atoms with Crippen molar-refractivity contribution >= 4 is 22.6 Å². The van der Waals surface area contributed by atoms with Crippen LogP contribution in [0.25, 0.3) is 22.5 Å². The number of para-hydroxylation sites is 1. The Bertz CT molecular complexity index is 1050. The van der Waals surface area contributed by atoms with Crippen molar-refractivity contribution in [2.24, 2.45) is 7.05 Å². The van der Waals surface area contributed by atoms with E-state index in [1.165, 1.54) is 0 Å². The van der Waals surface area contributed by atoms with Gasteiger partial charge in [0.15, 0.2) is 11.4 Å². The maximum atomic E-state index is 12.9. The summed E-state index contributed by atoms with van der Waals surface area (Å²) in [5.74, 6) is 0.400. The summed E-state index contributed by atoms with van der Waals surface area (Å²) in [6.07, 6.45) is 1.58. The Morgan fingerprint density at radius 1 is 1.16 bits per heavy atom. The number of benzene rings is 1. The van der Waals surface area contributed by atoms with E-state index in [1.807, 2.05) is 50.4 Å². The maximum absolute atomic E-state index is 12.9. The Morgan fingerprint density at radius 2 is 1.96 bits per heavy atom. The lowest BCUT2D eigenvalue weighted by Gasteiger charge is -2.08. The minimum Gasteiger partial charge on any atom is -0.463 e. The molecule has 0 radical (unpaired) electrons. The summed E-state index contributed by atoms with van der Waals surface area (Å²) in [4.78, 5) is 17.5. The number of furan rings is 1. The fraction of sp³-hybridized carbons (Fsp3) is 0.105. The van der Waals surface area contributed by atoms with Gasteiger partial charge in [-0.25, -0.2) is 4.98 Å². The smallest absolute Gasteiger partial charge is 0.256 e. The predicted octanol–water partition coefficient (Wildman–Crippen LogP) is 3.79. The van der Waals surface area contributed by atoms with Crippen LogP contribution in [0.3, 0.4) is 0 Å². The van der Waals surface area contributed by atoms with Gasteiger partial charge in [0.2, 0.25) is 0 Å². The van der Waals surface area contributed by atoms with Crippen molar-refractivity contribution in [3.05, 3.63) is 66.1 Å². The number of aryl methyl sites for hydroxylation is 2. The first-order valence-electron chi connectivity index (χ1n) is 7.88. The minimum atomic E-state index is -0.206. The molecule has 0 saturated heterocycles. The fourth-order valence-corrected chi connectivity index (χ4v) is 2.89. The van der Waals surface area contributed by atoms with Gasteiger partial charge in [0.05, 0.1) is 22.9 Å². The van der Waals surface area contributed by atoms with Gasteiger partial charge in [0.1, 0.15) is 5.69 Å². The molecule has 0 aliphatic heterocycles. The van der Waals surface area contributed by atoms with E-state index in [4.69, 9.17) is 4.42 Å². The molecule has 6 nitrogen and oxygen atoms in total. The van der Waals surface area contributed by atoms with Gasteiger partial charge in [-0.3, -0.25) is 9.48 Å². The molecule has 0 aliphatic rings. The first-order chi connectivity index (χ1) is 12.1. The van der Waals surface area contributed by atoms with Crippen LogP contribution in [-0.2, 0) is 7.05 Å². The quantitative estimate of drug-likeness (QED) is 0.619. The molecule has 0 atom stereocenters. The number of carbonyl (C=O) groups is 1. The molecule has 0 aliphatic carbocycles. The summed E-state index contributed by atoms with van der Waals surface area (Å²) in [5, 5.41) is 8.07. The fourth-order valence-electron chi connectivity index (χ4n) is 2.89. The molecular formula is C19H16N4O2. The topological polar surface area (TPSA) is 73.0 Å². The average Bonchev–Trinajstić information content (AvgIpc) is 3.24. The molecule has 3 aromatic heterocycles. The molecule has 0 unspecified atom stereocenters. The molecule has 25 heavy (non-hydrogen) atoms. The number of pyridine rings is 1. The normalized spacial score (nSPS) is 11.0. The van der Waals surface area contributed by atoms with Gasteiger partial charge in [-0.05, 0) is 37.3 Å². The molecule has 0 fully saturated rings. The van der Waals surface area contributed by atoms with E-state index in [2.05, 4.69) is 15.4 Å². The number of aromatic nitrogens is 3. The van der Waals surface area contributed by atoms with Crippen molar-refractivity contribution in [2.75, 3.05) is 5.32 Å². The van der Waals surface area contributed by atoms with Crippen LogP contribution in [0.5, 0.6) is 0 Å². The van der Waals surface area contributed by atoms with Crippen LogP contribution in [0.4, 0.5) is 5.69 Å². The molecular weight excluding hydrogens is 316 g/mol. The predicted molar refractivity (Wildman–Crippen MR) is 95.3 cm³/mol. The van der Waals surface area contributed by atoms with E-state index in [-0.39, 0.29) is 5.91 Å². The summed E-state index contributed by atoms with van der Waals surface area (Å²) in [7, 11) is 1.81. The second-order valence-corrected chi connectivity index (χ2v) is 5.76. The van der Waals surface area contributed by atoms with Gasteiger partial charge in [-0.1, -0.05) is 18.2 Å². The largest absolute Gasteiger partial charge is 0.463 e. The number of hydrogen-bond donors (Lipinski definition) is 1. The first kappa shape index (κ1) is 15.1. The van der Waals surface area contributed by atoms with Gasteiger partial charge in [-0.15, -0.1) is 0 Å². The summed E-state index contributed by atoms with van der Waals surface area (Å²) in [5.41, 5.74) is 3.25. The lowest BCUT2D eigenvalue weighted by molar-refractivity contribution is 0.102. The third kappa shape index (κ3) is 2.67. The van der Waals surface area contributed by atoms with Gasteiger partial charge in [0, 0.05) is 12.7 Å².